The van der Waals surface area contributed by atoms with E-state index in [1.807, 2.05) is 80.2 Å². The van der Waals surface area contributed by atoms with Gasteiger partial charge in [-0.05, 0) is 38.0 Å². The molecule has 0 aliphatic rings. The van der Waals surface area contributed by atoms with Crippen LogP contribution in [-0.4, -0.2) is 39.5 Å². The van der Waals surface area contributed by atoms with Gasteiger partial charge in [0.05, 0.1) is 12.9 Å². The molecule has 0 saturated heterocycles. The molecule has 1 amide bonds. The number of carbonyl (C=O) groups is 2. The summed E-state index contributed by atoms with van der Waals surface area (Å²) in [4.78, 5) is 25.3. The molecule has 4 rings (SSSR count). The number of amides is 1. The van der Waals surface area contributed by atoms with Crippen molar-refractivity contribution in [3.8, 4) is 16.9 Å². The Bertz CT molecular complexity index is 1420. The van der Waals surface area contributed by atoms with E-state index in [4.69, 9.17) is 9.47 Å². The molecule has 192 valence electrons. The summed E-state index contributed by atoms with van der Waals surface area (Å²) < 4.78 is 12.9. The molecule has 0 aliphatic heterocycles. The Morgan fingerprint density at radius 2 is 1.89 bits per heavy atom. The van der Waals surface area contributed by atoms with Crippen LogP contribution in [0.4, 0.5) is 5.00 Å². The Balaban J connectivity index is 1.42. The number of aryl methyl sites for hydroxylation is 2. The minimum absolute atomic E-state index is 0.0947. The van der Waals surface area contributed by atoms with Crippen LogP contribution in [0.25, 0.3) is 11.1 Å². The predicted molar refractivity (Wildman–Crippen MR) is 146 cm³/mol. The van der Waals surface area contributed by atoms with E-state index in [1.54, 1.807) is 0 Å². The first-order valence-corrected chi connectivity index (χ1v) is 13.5. The Hall–Kier alpha value is -3.63. The van der Waals surface area contributed by atoms with Crippen LogP contribution in [-0.2, 0) is 16.6 Å². The summed E-state index contributed by atoms with van der Waals surface area (Å²) in [6.45, 7) is 5.97. The molecule has 4 aromatic rings. The zero-order valence-corrected chi connectivity index (χ0v) is 22.9. The number of aromatic nitrogens is 3. The lowest BCUT2D eigenvalue weighted by Crippen LogP contribution is -2.16. The van der Waals surface area contributed by atoms with E-state index in [0.29, 0.717) is 21.5 Å². The highest BCUT2D eigenvalue weighted by molar-refractivity contribution is 7.99. The molecule has 2 aromatic carbocycles. The van der Waals surface area contributed by atoms with Crippen LogP contribution in [0, 0.1) is 13.8 Å². The first kappa shape index (κ1) is 26.4. The maximum absolute atomic E-state index is 12.8. The van der Waals surface area contributed by atoms with E-state index in [-0.39, 0.29) is 17.8 Å². The van der Waals surface area contributed by atoms with Gasteiger partial charge in [-0.15, -0.1) is 21.5 Å². The normalized spacial score (nSPS) is 11.7. The molecule has 0 saturated carbocycles. The number of ether oxygens (including phenoxy) is 2. The fraction of sp³-hybridized carbons (Fsp3) is 0.259. The van der Waals surface area contributed by atoms with Gasteiger partial charge in [-0.2, -0.15) is 0 Å². The molecule has 1 atom stereocenters. The third-order valence-electron chi connectivity index (χ3n) is 5.72. The van der Waals surface area contributed by atoms with Gasteiger partial charge < -0.3 is 19.4 Å². The third-order valence-corrected chi connectivity index (χ3v) is 7.63. The molecule has 1 N–H and O–H groups in total. The fourth-order valence-corrected chi connectivity index (χ4v) is 5.55. The van der Waals surface area contributed by atoms with Crippen molar-refractivity contribution in [2.24, 2.45) is 7.05 Å². The number of benzene rings is 2. The van der Waals surface area contributed by atoms with Crippen LogP contribution >= 0.6 is 23.1 Å². The van der Waals surface area contributed by atoms with Crippen molar-refractivity contribution in [3.63, 3.8) is 0 Å². The van der Waals surface area contributed by atoms with Crippen molar-refractivity contribution in [1.29, 1.82) is 0 Å². The lowest BCUT2D eigenvalue weighted by atomic mass is 10.0. The molecule has 0 fully saturated rings. The minimum Gasteiger partial charge on any atom is -0.482 e. The molecule has 2 heterocycles. The smallest absolute Gasteiger partial charge is 0.341 e. The molecule has 1 unspecified atom stereocenters. The van der Waals surface area contributed by atoms with Gasteiger partial charge in [0.15, 0.2) is 17.1 Å². The summed E-state index contributed by atoms with van der Waals surface area (Å²) in [6, 6.07) is 15.5. The monoisotopic (exact) mass is 536 g/mol. The van der Waals surface area contributed by atoms with Gasteiger partial charge in [0.2, 0.25) is 5.91 Å². The number of carbonyl (C=O) groups excluding carboxylic acids is 2. The van der Waals surface area contributed by atoms with Crippen molar-refractivity contribution in [2.45, 2.75) is 32.0 Å². The van der Waals surface area contributed by atoms with E-state index in [9.17, 15) is 9.59 Å². The van der Waals surface area contributed by atoms with Crippen LogP contribution in [0.1, 0.15) is 40.3 Å². The molecule has 0 radical (unpaired) electrons. The topological polar surface area (TPSA) is 95.3 Å². The Morgan fingerprint density at radius 3 is 2.59 bits per heavy atom. The molecular weight excluding hydrogens is 508 g/mol. The summed E-state index contributed by atoms with van der Waals surface area (Å²) >= 11 is 2.54. The average Bonchev–Trinajstić information content (AvgIpc) is 3.47. The molecule has 0 aliphatic carbocycles. The average molecular weight is 537 g/mol. The number of thiophene rings is 1. The standard InChI is InChI=1S/C27H28N4O4S2/c1-16-11-12-21(17(2)13-16)35-18(3)24-29-30-27(31(24)4)37-15-22(32)28-25-23(26(33)34-5)20(14-36-25)19-9-7-6-8-10-19/h6-14,18H,15H2,1-5H3,(H,28,32). The van der Waals surface area contributed by atoms with Crippen molar-refractivity contribution < 1.29 is 19.1 Å². The summed E-state index contributed by atoms with van der Waals surface area (Å²) in [7, 11) is 3.17. The summed E-state index contributed by atoms with van der Waals surface area (Å²) in [5.74, 6) is 0.778. The van der Waals surface area contributed by atoms with Gasteiger partial charge in [-0.3, -0.25) is 4.79 Å². The van der Waals surface area contributed by atoms with Crippen LogP contribution in [0.3, 0.4) is 0 Å². The lowest BCUT2D eigenvalue weighted by Gasteiger charge is -2.16. The van der Waals surface area contributed by atoms with Crippen molar-refractivity contribution in [1.82, 2.24) is 14.8 Å². The Morgan fingerprint density at radius 1 is 1.14 bits per heavy atom. The highest BCUT2D eigenvalue weighted by atomic mass is 32.2. The van der Waals surface area contributed by atoms with E-state index in [0.717, 1.165) is 22.4 Å². The molecule has 0 bridgehead atoms. The number of rotatable bonds is 9. The van der Waals surface area contributed by atoms with Gasteiger partial charge >= 0.3 is 5.97 Å². The maximum Gasteiger partial charge on any atom is 0.341 e. The van der Waals surface area contributed by atoms with Crippen LogP contribution < -0.4 is 10.1 Å². The lowest BCUT2D eigenvalue weighted by molar-refractivity contribution is -0.113. The SMILES string of the molecule is COC(=O)c1c(-c2ccccc2)csc1NC(=O)CSc1nnc(C(C)Oc2ccc(C)cc2C)n1C. The molecule has 0 spiro atoms. The number of nitrogens with one attached hydrogen (secondary N) is 1. The molecule has 2 aromatic heterocycles. The number of esters is 1. The Labute approximate surface area is 224 Å². The van der Waals surface area contributed by atoms with Crippen molar-refractivity contribution >= 4 is 40.0 Å². The number of anilines is 1. The second-order valence-corrected chi connectivity index (χ2v) is 10.3. The van der Waals surface area contributed by atoms with E-state index in [1.165, 1.54) is 35.8 Å². The van der Waals surface area contributed by atoms with E-state index in [2.05, 4.69) is 21.6 Å². The zero-order chi connectivity index (χ0) is 26.5. The van der Waals surface area contributed by atoms with E-state index >= 15 is 0 Å². The quantitative estimate of drug-likeness (QED) is 0.213. The molecular formula is C27H28N4O4S2. The van der Waals surface area contributed by atoms with Gasteiger partial charge in [0.1, 0.15) is 16.3 Å². The molecule has 37 heavy (non-hydrogen) atoms. The largest absolute Gasteiger partial charge is 0.482 e. The van der Waals surface area contributed by atoms with Crippen LogP contribution in [0.5, 0.6) is 5.75 Å². The van der Waals surface area contributed by atoms with Gasteiger partial charge in [-0.25, -0.2) is 4.79 Å². The number of methoxy groups -OCH3 is 1. The highest BCUT2D eigenvalue weighted by Gasteiger charge is 2.23. The summed E-state index contributed by atoms with van der Waals surface area (Å²) in [5, 5.41) is 14.3. The highest BCUT2D eigenvalue weighted by Crippen LogP contribution is 2.36. The van der Waals surface area contributed by atoms with E-state index < -0.39 is 5.97 Å². The number of thioether (sulfide) groups is 1. The van der Waals surface area contributed by atoms with Crippen LogP contribution in [0.2, 0.25) is 0 Å². The van der Waals surface area contributed by atoms with Gasteiger partial charge in [0.25, 0.3) is 0 Å². The second-order valence-electron chi connectivity index (χ2n) is 8.48. The molecule has 8 nitrogen and oxygen atoms in total. The van der Waals surface area contributed by atoms with Crippen LogP contribution in [0.15, 0.2) is 59.1 Å². The number of hydrogen-bond acceptors (Lipinski definition) is 8. The zero-order valence-electron chi connectivity index (χ0n) is 21.3. The maximum atomic E-state index is 12.8. The minimum atomic E-state index is -0.501. The fourth-order valence-electron chi connectivity index (χ4n) is 3.86. The van der Waals surface area contributed by atoms with Crippen molar-refractivity contribution in [3.05, 3.63) is 76.4 Å². The number of nitrogens with zero attached hydrogens (tertiary/aromatic N) is 3. The van der Waals surface area contributed by atoms with Crippen molar-refractivity contribution in [2.75, 3.05) is 18.2 Å². The molecule has 10 heteroatoms. The van der Waals surface area contributed by atoms with Gasteiger partial charge in [0, 0.05) is 18.0 Å². The summed E-state index contributed by atoms with van der Waals surface area (Å²) in [5.41, 5.74) is 4.16. The summed E-state index contributed by atoms with van der Waals surface area (Å²) in [6.07, 6.45) is -0.327. The second kappa shape index (κ2) is 11.6. The third kappa shape index (κ3) is 6.03. The Kier molecular flexibility index (Phi) is 8.30. The first-order valence-electron chi connectivity index (χ1n) is 11.6. The predicted octanol–water partition coefficient (Wildman–Crippen LogP) is 5.82. The first-order chi connectivity index (χ1) is 17.8. The van der Waals surface area contributed by atoms with Gasteiger partial charge in [-0.1, -0.05) is 59.8 Å². The number of hydrogen-bond donors (Lipinski definition) is 1.